The van der Waals surface area contributed by atoms with Crippen LogP contribution in [0.1, 0.15) is 47.2 Å². The summed E-state index contributed by atoms with van der Waals surface area (Å²) < 4.78 is -1.19. The zero-order valence-corrected chi connectivity index (χ0v) is 26.6. The van der Waals surface area contributed by atoms with Crippen molar-refractivity contribution in [2.75, 3.05) is 0 Å². The van der Waals surface area contributed by atoms with Gasteiger partial charge in [0, 0.05) is 0 Å². The first-order chi connectivity index (χ1) is 18.2. The van der Waals surface area contributed by atoms with Crippen LogP contribution in [0.25, 0.3) is 12.2 Å². The summed E-state index contributed by atoms with van der Waals surface area (Å²) in [7, 11) is 17.8. The van der Waals surface area contributed by atoms with Gasteiger partial charge in [-0.25, -0.2) is 0 Å². The number of benzene rings is 4. The molecule has 0 saturated heterocycles. The van der Waals surface area contributed by atoms with Gasteiger partial charge in [-0.15, -0.1) is 0 Å². The van der Waals surface area contributed by atoms with Crippen LogP contribution in [0.2, 0.25) is 13.1 Å². The van der Waals surface area contributed by atoms with Gasteiger partial charge in [0.25, 0.3) is 0 Å². The van der Waals surface area contributed by atoms with Crippen LogP contribution >= 0.6 is 18.6 Å². The van der Waals surface area contributed by atoms with Crippen LogP contribution in [-0.4, -0.2) is 6.66 Å². The van der Waals surface area contributed by atoms with E-state index < -0.39 is 26.5 Å². The van der Waals surface area contributed by atoms with Gasteiger partial charge >= 0.3 is 238 Å². The Labute approximate surface area is 236 Å². The SMILES string of the molecule is CC1=Cc2ccccc2[C]1(c1ccccc1)[Ti]([Cl])([Cl])([SiH](C)C)[C]1(c2ccccc2)C(C)=Cc2ccccc21. The van der Waals surface area contributed by atoms with Crippen molar-refractivity contribution in [1.82, 2.24) is 0 Å². The van der Waals surface area contributed by atoms with Crippen molar-refractivity contribution in [2.24, 2.45) is 0 Å². The molecule has 0 bridgehead atoms. The third-order valence-corrected chi connectivity index (χ3v) is 47.3. The summed E-state index contributed by atoms with van der Waals surface area (Å²) in [5.74, 6) is 0. The molecule has 2 atom stereocenters. The monoisotopic (exact) mass is 587 g/mol. The van der Waals surface area contributed by atoms with E-state index in [1.807, 2.05) is 0 Å². The predicted octanol–water partition coefficient (Wildman–Crippen LogP) is 9.69. The van der Waals surface area contributed by atoms with Gasteiger partial charge in [-0.3, -0.25) is 0 Å². The fourth-order valence-corrected chi connectivity index (χ4v) is 36.2. The third-order valence-electron chi connectivity index (χ3n) is 9.46. The molecule has 0 nitrogen and oxygen atoms in total. The van der Waals surface area contributed by atoms with E-state index in [1.54, 1.807) is 0 Å². The first-order valence-electron chi connectivity index (χ1n) is 13.5. The van der Waals surface area contributed by atoms with Crippen molar-refractivity contribution in [3.05, 3.63) is 154 Å². The van der Waals surface area contributed by atoms with Gasteiger partial charge in [0.15, 0.2) is 0 Å². The maximum atomic E-state index is 8.91. The van der Waals surface area contributed by atoms with E-state index in [0.717, 1.165) is 0 Å². The van der Waals surface area contributed by atoms with Gasteiger partial charge in [0.1, 0.15) is 0 Å². The van der Waals surface area contributed by atoms with Gasteiger partial charge in [0.05, 0.1) is 0 Å². The van der Waals surface area contributed by atoms with Crippen molar-refractivity contribution >= 4 is 37.4 Å². The van der Waals surface area contributed by atoms with E-state index in [-0.39, 0.29) is 0 Å². The quantitative estimate of drug-likeness (QED) is 0.204. The second kappa shape index (κ2) is 8.95. The fraction of sp³-hybridized carbons (Fsp3) is 0.176. The summed E-state index contributed by atoms with van der Waals surface area (Å²) >= 11 is -5.02. The molecule has 0 aromatic heterocycles. The Morgan fingerprint density at radius 2 is 0.868 bits per heavy atom. The number of halogens is 2. The summed E-state index contributed by atoms with van der Waals surface area (Å²) in [6.45, 7) is 7.52. The van der Waals surface area contributed by atoms with Crippen molar-refractivity contribution in [3.63, 3.8) is 0 Å². The van der Waals surface area contributed by atoms with Crippen LogP contribution in [0.4, 0.5) is 0 Å². The average molecular weight is 588 g/mol. The molecular formula is C34H33Cl2SiTi. The van der Waals surface area contributed by atoms with Gasteiger partial charge in [-0.1, -0.05) is 0 Å². The number of hydrogen-bond acceptors (Lipinski definition) is 0. The predicted molar refractivity (Wildman–Crippen MR) is 165 cm³/mol. The first-order valence-corrected chi connectivity index (χ1v) is 24.9. The van der Waals surface area contributed by atoms with E-state index in [0.29, 0.717) is 0 Å². The summed E-state index contributed by atoms with van der Waals surface area (Å²) in [6.07, 6.45) is 4.70. The van der Waals surface area contributed by atoms with E-state index in [1.165, 1.54) is 44.5 Å². The van der Waals surface area contributed by atoms with Gasteiger partial charge in [-0.05, 0) is 0 Å². The molecule has 0 aliphatic heterocycles. The van der Waals surface area contributed by atoms with E-state index >= 15 is 0 Å². The number of rotatable bonds is 5. The Morgan fingerprint density at radius 1 is 0.526 bits per heavy atom. The molecule has 6 rings (SSSR count). The molecule has 191 valence electrons. The minimum atomic E-state index is -5.02. The number of hydrogen-bond donors (Lipinski definition) is 0. The molecule has 0 radical (unpaired) electrons. The van der Waals surface area contributed by atoms with Crippen molar-refractivity contribution < 1.29 is 12.4 Å². The Kier molecular flexibility index (Phi) is 6.15. The molecule has 0 heterocycles. The molecule has 0 N–H and O–H groups in total. The molecule has 2 unspecified atom stereocenters. The molecule has 0 amide bonds. The van der Waals surface area contributed by atoms with Gasteiger partial charge < -0.3 is 0 Å². The molecule has 4 aromatic rings. The molecule has 4 heteroatoms. The Hall–Kier alpha value is -2.13. The molecule has 0 fully saturated rings. The van der Waals surface area contributed by atoms with E-state index in [9.17, 15) is 0 Å². The summed E-state index contributed by atoms with van der Waals surface area (Å²) in [4.78, 5) is 0. The van der Waals surface area contributed by atoms with Crippen molar-refractivity contribution in [2.45, 2.75) is 34.4 Å². The molecule has 4 aromatic carbocycles. The molecule has 38 heavy (non-hydrogen) atoms. The van der Waals surface area contributed by atoms with Crippen molar-refractivity contribution in [3.8, 4) is 0 Å². The third kappa shape index (κ3) is 2.92. The van der Waals surface area contributed by atoms with Crippen LogP contribution in [-0.2, 0) is 19.9 Å². The van der Waals surface area contributed by atoms with Crippen molar-refractivity contribution in [1.29, 1.82) is 0 Å². The summed E-state index contributed by atoms with van der Waals surface area (Å²) in [5.41, 5.74) is 9.96. The van der Waals surface area contributed by atoms with Crippen LogP contribution in [0.15, 0.2) is 120 Å². The summed E-state index contributed by atoms with van der Waals surface area (Å²) in [6, 6.07) is 39.5. The zero-order valence-electron chi connectivity index (χ0n) is 22.4. The van der Waals surface area contributed by atoms with Crippen LogP contribution in [0.3, 0.4) is 0 Å². The van der Waals surface area contributed by atoms with Crippen LogP contribution < -0.4 is 0 Å². The summed E-state index contributed by atoms with van der Waals surface area (Å²) in [5, 5.41) is 0. The van der Waals surface area contributed by atoms with Gasteiger partial charge in [-0.2, -0.15) is 0 Å². The van der Waals surface area contributed by atoms with E-state index in [2.05, 4.69) is 148 Å². The second-order valence-corrected chi connectivity index (χ2v) is 39.8. The Balaban J connectivity index is 1.90. The van der Waals surface area contributed by atoms with Crippen LogP contribution in [0, 0.1) is 0 Å². The molecule has 0 spiro atoms. The molecule has 0 saturated carbocycles. The Morgan fingerprint density at radius 3 is 1.24 bits per heavy atom. The van der Waals surface area contributed by atoms with E-state index in [4.69, 9.17) is 18.6 Å². The number of allylic oxidation sites excluding steroid dienone is 2. The van der Waals surface area contributed by atoms with Crippen LogP contribution in [0.5, 0.6) is 0 Å². The molecule has 2 aliphatic rings. The second-order valence-electron chi connectivity index (χ2n) is 11.3. The standard InChI is InChI=1S/2C16H13.C2H7Si.2ClH.Ti/c2*1-12-11-14-9-5-6-10-15(14)16(12)13-7-3-2-4-8-13;1-3-2;;;/h2*2-11H,1H3;3H,1-2H3;2*1H;/q;;;;;+2/p-2. The average Bonchev–Trinajstić information content (AvgIpc) is 3.41. The van der Waals surface area contributed by atoms with Gasteiger partial charge in [0.2, 0.25) is 0 Å². The first kappa shape index (κ1) is 26.1. The zero-order chi connectivity index (χ0) is 26.8. The normalized spacial score (nSPS) is 23.3. The molecule has 2 aliphatic carbocycles. The minimum absolute atomic E-state index is 0.596. The number of fused-ring (bicyclic) bond motifs is 2. The maximum absolute atomic E-state index is 8.91. The Bertz CT molecular complexity index is 1490. The topological polar surface area (TPSA) is 0 Å². The fourth-order valence-electron chi connectivity index (χ4n) is 8.07. The molecular weight excluding hydrogens is 555 g/mol.